The SMILES string of the molecule is COC(=O)/C=C(\C)n1nc2ccccc2n1. The third kappa shape index (κ3) is 1.93. The number of carbonyl (C=O) groups is 1. The molecular weight excluding hydrogens is 206 g/mol. The minimum Gasteiger partial charge on any atom is -0.466 e. The number of methoxy groups -OCH3 is 1. The third-order valence-electron chi connectivity index (χ3n) is 2.13. The van der Waals surface area contributed by atoms with Crippen LogP contribution in [0.15, 0.2) is 30.3 Å². The summed E-state index contributed by atoms with van der Waals surface area (Å²) in [6.45, 7) is 1.75. The van der Waals surface area contributed by atoms with Gasteiger partial charge in [0.15, 0.2) is 0 Å². The van der Waals surface area contributed by atoms with Gasteiger partial charge in [0.2, 0.25) is 0 Å². The summed E-state index contributed by atoms with van der Waals surface area (Å²) in [6, 6.07) is 7.51. The summed E-state index contributed by atoms with van der Waals surface area (Å²) < 4.78 is 4.53. The molecule has 0 saturated heterocycles. The molecule has 0 fully saturated rings. The molecule has 16 heavy (non-hydrogen) atoms. The molecule has 0 amide bonds. The Morgan fingerprint density at radius 2 is 1.88 bits per heavy atom. The van der Waals surface area contributed by atoms with Crippen molar-refractivity contribution in [1.29, 1.82) is 0 Å². The first-order valence-electron chi connectivity index (χ1n) is 4.79. The fourth-order valence-electron chi connectivity index (χ4n) is 1.30. The van der Waals surface area contributed by atoms with Crippen molar-refractivity contribution in [2.75, 3.05) is 7.11 Å². The minimum absolute atomic E-state index is 0.418. The average molecular weight is 217 g/mol. The summed E-state index contributed by atoms with van der Waals surface area (Å²) in [5.74, 6) is -0.418. The van der Waals surface area contributed by atoms with Gasteiger partial charge in [0.25, 0.3) is 0 Å². The number of esters is 1. The van der Waals surface area contributed by atoms with Crippen LogP contribution in [0.2, 0.25) is 0 Å². The van der Waals surface area contributed by atoms with E-state index >= 15 is 0 Å². The van der Waals surface area contributed by atoms with Gasteiger partial charge in [0.1, 0.15) is 11.0 Å². The Labute approximate surface area is 92.3 Å². The quantitative estimate of drug-likeness (QED) is 0.564. The van der Waals surface area contributed by atoms with Gasteiger partial charge in [-0.15, -0.1) is 10.2 Å². The molecule has 0 N–H and O–H groups in total. The number of aromatic nitrogens is 3. The van der Waals surface area contributed by atoms with Gasteiger partial charge >= 0.3 is 5.97 Å². The van der Waals surface area contributed by atoms with E-state index in [0.717, 1.165) is 11.0 Å². The van der Waals surface area contributed by atoms with Crippen LogP contribution in [0.5, 0.6) is 0 Å². The first kappa shape index (κ1) is 10.4. The standard InChI is InChI=1S/C11H11N3O2/c1-8(7-11(15)16-2)14-12-9-5-3-4-6-10(9)13-14/h3-7H,1-2H3/b8-7+. The molecular formula is C11H11N3O2. The van der Waals surface area contributed by atoms with Crippen molar-refractivity contribution in [1.82, 2.24) is 15.0 Å². The van der Waals surface area contributed by atoms with Crippen LogP contribution in [0.25, 0.3) is 16.7 Å². The van der Waals surface area contributed by atoms with E-state index in [4.69, 9.17) is 0 Å². The normalized spacial score (nSPS) is 11.8. The molecule has 1 aromatic heterocycles. The van der Waals surface area contributed by atoms with Crippen molar-refractivity contribution in [3.8, 4) is 0 Å². The lowest BCUT2D eigenvalue weighted by Crippen LogP contribution is -2.02. The second kappa shape index (κ2) is 4.14. The molecule has 2 aromatic rings. The fourth-order valence-corrected chi connectivity index (χ4v) is 1.30. The van der Waals surface area contributed by atoms with Gasteiger partial charge in [0, 0.05) is 6.08 Å². The molecule has 1 heterocycles. The first-order chi connectivity index (χ1) is 7.70. The van der Waals surface area contributed by atoms with Crippen molar-refractivity contribution in [3.63, 3.8) is 0 Å². The summed E-state index contributed by atoms with van der Waals surface area (Å²) >= 11 is 0. The Morgan fingerprint density at radius 1 is 1.31 bits per heavy atom. The summed E-state index contributed by atoms with van der Waals surface area (Å²) in [6.07, 6.45) is 1.35. The number of rotatable bonds is 2. The van der Waals surface area contributed by atoms with Crippen LogP contribution in [0.4, 0.5) is 0 Å². The van der Waals surface area contributed by atoms with Gasteiger partial charge in [-0.25, -0.2) is 4.79 Å². The first-order valence-corrected chi connectivity index (χ1v) is 4.79. The summed E-state index contributed by atoms with van der Waals surface area (Å²) in [5.41, 5.74) is 2.20. The number of allylic oxidation sites excluding steroid dienone is 1. The van der Waals surface area contributed by atoms with Crippen LogP contribution in [0.1, 0.15) is 6.92 Å². The molecule has 0 spiro atoms. The molecule has 82 valence electrons. The van der Waals surface area contributed by atoms with E-state index in [2.05, 4.69) is 14.9 Å². The van der Waals surface area contributed by atoms with E-state index in [-0.39, 0.29) is 0 Å². The van der Waals surface area contributed by atoms with Crippen LogP contribution in [0, 0.1) is 0 Å². The average Bonchev–Trinajstić information content (AvgIpc) is 2.72. The Morgan fingerprint density at radius 3 is 2.38 bits per heavy atom. The van der Waals surface area contributed by atoms with Gasteiger partial charge in [-0.05, 0) is 19.1 Å². The highest BCUT2D eigenvalue weighted by Gasteiger charge is 2.04. The second-order valence-electron chi connectivity index (χ2n) is 3.29. The molecule has 1 aromatic carbocycles. The molecule has 0 saturated carbocycles. The van der Waals surface area contributed by atoms with E-state index in [0.29, 0.717) is 5.70 Å². The van der Waals surface area contributed by atoms with Crippen LogP contribution >= 0.6 is 0 Å². The van der Waals surface area contributed by atoms with Crippen molar-refractivity contribution in [2.24, 2.45) is 0 Å². The van der Waals surface area contributed by atoms with Gasteiger partial charge in [-0.2, -0.15) is 4.80 Å². The van der Waals surface area contributed by atoms with Crippen molar-refractivity contribution in [2.45, 2.75) is 6.92 Å². The number of nitrogens with zero attached hydrogens (tertiary/aromatic N) is 3. The molecule has 5 nitrogen and oxygen atoms in total. The van der Waals surface area contributed by atoms with Crippen LogP contribution in [-0.2, 0) is 9.53 Å². The van der Waals surface area contributed by atoms with E-state index in [1.54, 1.807) is 6.92 Å². The van der Waals surface area contributed by atoms with Gasteiger partial charge in [0.05, 0.1) is 12.8 Å². The highest BCUT2D eigenvalue weighted by atomic mass is 16.5. The number of fused-ring (bicyclic) bond motifs is 1. The second-order valence-corrected chi connectivity index (χ2v) is 3.29. The predicted molar refractivity (Wildman–Crippen MR) is 59.5 cm³/mol. The molecule has 0 bridgehead atoms. The maximum atomic E-state index is 11.0. The molecule has 0 aliphatic carbocycles. The maximum absolute atomic E-state index is 11.0. The lowest BCUT2D eigenvalue weighted by molar-refractivity contribution is -0.134. The van der Waals surface area contributed by atoms with Crippen LogP contribution < -0.4 is 0 Å². The number of ether oxygens (including phenoxy) is 1. The van der Waals surface area contributed by atoms with Gasteiger partial charge in [-0.1, -0.05) is 12.1 Å². The zero-order valence-corrected chi connectivity index (χ0v) is 9.04. The Bertz CT molecular complexity index is 524. The Balaban J connectivity index is 2.40. The molecule has 5 heteroatoms. The monoisotopic (exact) mass is 217 g/mol. The minimum atomic E-state index is -0.418. The molecule has 2 rings (SSSR count). The number of hydrogen-bond donors (Lipinski definition) is 0. The fraction of sp³-hybridized carbons (Fsp3) is 0.182. The highest BCUT2D eigenvalue weighted by Crippen LogP contribution is 2.10. The lowest BCUT2D eigenvalue weighted by Gasteiger charge is -1.97. The van der Waals surface area contributed by atoms with Gasteiger partial charge in [-0.3, -0.25) is 0 Å². The van der Waals surface area contributed by atoms with Crippen LogP contribution in [0.3, 0.4) is 0 Å². The summed E-state index contributed by atoms with van der Waals surface area (Å²) in [4.78, 5) is 12.5. The predicted octanol–water partition coefficient (Wildman–Crippen LogP) is 1.47. The van der Waals surface area contributed by atoms with Crippen molar-refractivity contribution in [3.05, 3.63) is 30.3 Å². The largest absolute Gasteiger partial charge is 0.466 e. The van der Waals surface area contributed by atoms with Gasteiger partial charge < -0.3 is 4.74 Å². The summed E-state index contributed by atoms with van der Waals surface area (Å²) in [7, 11) is 1.33. The zero-order valence-electron chi connectivity index (χ0n) is 9.04. The van der Waals surface area contributed by atoms with E-state index in [9.17, 15) is 4.79 Å². The molecule has 0 aliphatic rings. The van der Waals surface area contributed by atoms with Crippen LogP contribution in [-0.4, -0.2) is 28.1 Å². The number of hydrogen-bond acceptors (Lipinski definition) is 4. The van der Waals surface area contributed by atoms with E-state index in [1.807, 2.05) is 24.3 Å². The Kier molecular flexibility index (Phi) is 2.68. The maximum Gasteiger partial charge on any atom is 0.332 e. The molecule has 0 unspecified atom stereocenters. The molecule has 0 atom stereocenters. The lowest BCUT2D eigenvalue weighted by atomic mass is 10.3. The van der Waals surface area contributed by atoms with Crippen molar-refractivity contribution >= 4 is 22.7 Å². The Hall–Kier alpha value is -2.17. The zero-order chi connectivity index (χ0) is 11.5. The number of carbonyl (C=O) groups excluding carboxylic acids is 1. The number of benzene rings is 1. The summed E-state index contributed by atoms with van der Waals surface area (Å²) in [5, 5.41) is 8.46. The molecule has 0 aliphatic heterocycles. The topological polar surface area (TPSA) is 57.0 Å². The van der Waals surface area contributed by atoms with E-state index in [1.165, 1.54) is 18.0 Å². The highest BCUT2D eigenvalue weighted by molar-refractivity contribution is 5.87. The smallest absolute Gasteiger partial charge is 0.332 e. The molecule has 0 radical (unpaired) electrons. The van der Waals surface area contributed by atoms with E-state index < -0.39 is 5.97 Å². The van der Waals surface area contributed by atoms with Crippen molar-refractivity contribution < 1.29 is 9.53 Å². The third-order valence-corrected chi connectivity index (χ3v) is 2.13.